The topological polar surface area (TPSA) is 117 Å². The number of nitrogens with one attached hydrogen (secondary N) is 3. The number of benzene rings is 1. The van der Waals surface area contributed by atoms with Crippen LogP contribution in [0.25, 0.3) is 0 Å². The minimum atomic E-state index is -0.590. The van der Waals surface area contributed by atoms with Crippen LogP contribution < -0.4 is 16.0 Å². The molecule has 9 nitrogen and oxygen atoms in total. The van der Waals surface area contributed by atoms with Crippen LogP contribution in [-0.2, 0) is 25.7 Å². The summed E-state index contributed by atoms with van der Waals surface area (Å²) in [5.41, 5.74) is 0.438. The fourth-order valence-corrected chi connectivity index (χ4v) is 3.12. The predicted octanol–water partition coefficient (Wildman–Crippen LogP) is 1.18. The van der Waals surface area contributed by atoms with E-state index in [0.29, 0.717) is 13.1 Å². The third-order valence-corrected chi connectivity index (χ3v) is 4.57. The molecule has 0 bridgehead atoms. The summed E-state index contributed by atoms with van der Waals surface area (Å²) in [7, 11) is 0. The molecule has 0 saturated carbocycles. The zero-order valence-electron chi connectivity index (χ0n) is 18.4. The maximum absolute atomic E-state index is 12.3. The molecule has 9 heteroatoms. The average Bonchev–Trinajstić information content (AvgIpc) is 3.05. The summed E-state index contributed by atoms with van der Waals surface area (Å²) in [4.78, 5) is 49.5. The fraction of sp³-hybridized carbons (Fsp3) is 0.545. The van der Waals surface area contributed by atoms with Crippen molar-refractivity contribution in [3.63, 3.8) is 0 Å². The lowest BCUT2D eigenvalue weighted by atomic mass is 10.1. The molecule has 31 heavy (non-hydrogen) atoms. The van der Waals surface area contributed by atoms with E-state index in [1.807, 2.05) is 30.3 Å². The molecular weight excluding hydrogens is 400 g/mol. The second-order valence-corrected chi connectivity index (χ2v) is 8.48. The predicted molar refractivity (Wildman–Crippen MR) is 115 cm³/mol. The molecule has 1 fully saturated rings. The van der Waals surface area contributed by atoms with Gasteiger partial charge in [0.15, 0.2) is 0 Å². The number of alkyl carbamates (subject to hydrolysis) is 1. The molecule has 1 aliphatic heterocycles. The molecule has 0 radical (unpaired) electrons. The van der Waals surface area contributed by atoms with Crippen LogP contribution >= 0.6 is 0 Å². The van der Waals surface area contributed by atoms with Crippen molar-refractivity contribution in [1.29, 1.82) is 0 Å². The molecule has 1 aromatic carbocycles. The van der Waals surface area contributed by atoms with Crippen LogP contribution in [0.15, 0.2) is 30.3 Å². The number of hydrogen-bond acceptors (Lipinski definition) is 5. The lowest BCUT2D eigenvalue weighted by Gasteiger charge is -2.19. The van der Waals surface area contributed by atoms with E-state index in [2.05, 4.69) is 16.0 Å². The number of rotatable bonds is 9. The summed E-state index contributed by atoms with van der Waals surface area (Å²) in [6.45, 7) is 6.87. The lowest BCUT2D eigenvalue weighted by molar-refractivity contribution is -0.129. The minimum Gasteiger partial charge on any atom is -0.444 e. The second-order valence-electron chi connectivity index (χ2n) is 8.48. The summed E-state index contributed by atoms with van der Waals surface area (Å²) in [6, 6.07) is 9.66. The standard InChI is InChI=1S/C22H32N4O5/c1-22(2,3)31-21(30)25-10-9-18(27)23-11-12-24-20(29)17-13-19(28)26(15-17)14-16-7-5-4-6-8-16/h4-8,17H,9-15H2,1-3H3,(H,23,27)(H,24,29)(H,25,30). The summed E-state index contributed by atoms with van der Waals surface area (Å²) in [6.07, 6.45) is -0.264. The Kier molecular flexibility index (Phi) is 8.84. The van der Waals surface area contributed by atoms with Gasteiger partial charge in [-0.25, -0.2) is 4.79 Å². The van der Waals surface area contributed by atoms with Gasteiger partial charge in [-0.05, 0) is 26.3 Å². The van der Waals surface area contributed by atoms with Crippen molar-refractivity contribution < 1.29 is 23.9 Å². The van der Waals surface area contributed by atoms with Gasteiger partial charge >= 0.3 is 6.09 Å². The van der Waals surface area contributed by atoms with Crippen molar-refractivity contribution >= 4 is 23.8 Å². The van der Waals surface area contributed by atoms with Crippen molar-refractivity contribution in [2.75, 3.05) is 26.2 Å². The van der Waals surface area contributed by atoms with Gasteiger partial charge in [-0.3, -0.25) is 14.4 Å². The van der Waals surface area contributed by atoms with Crippen molar-refractivity contribution in [2.45, 2.75) is 45.8 Å². The number of ether oxygens (including phenoxy) is 1. The fourth-order valence-electron chi connectivity index (χ4n) is 3.12. The number of carbonyl (C=O) groups is 4. The normalized spacial score (nSPS) is 16.0. The Bertz CT molecular complexity index is 776. The maximum Gasteiger partial charge on any atom is 0.407 e. The van der Waals surface area contributed by atoms with Crippen LogP contribution in [0.5, 0.6) is 0 Å². The molecule has 1 heterocycles. The van der Waals surface area contributed by atoms with Gasteiger partial charge in [-0.2, -0.15) is 0 Å². The zero-order chi connectivity index (χ0) is 22.9. The first-order chi connectivity index (χ1) is 14.6. The zero-order valence-corrected chi connectivity index (χ0v) is 18.4. The lowest BCUT2D eigenvalue weighted by Crippen LogP contribution is -2.39. The molecule has 1 unspecified atom stereocenters. The first-order valence-corrected chi connectivity index (χ1v) is 10.5. The second kappa shape index (κ2) is 11.3. The van der Waals surface area contributed by atoms with Crippen LogP contribution in [0.2, 0.25) is 0 Å². The third kappa shape index (κ3) is 9.06. The molecule has 2 rings (SSSR count). The Morgan fingerprint density at radius 1 is 1.03 bits per heavy atom. The van der Waals surface area contributed by atoms with Crippen molar-refractivity contribution in [3.05, 3.63) is 35.9 Å². The van der Waals surface area contributed by atoms with Gasteiger partial charge in [-0.15, -0.1) is 0 Å². The molecule has 0 spiro atoms. The SMILES string of the molecule is CC(C)(C)OC(=O)NCCC(=O)NCCNC(=O)C1CC(=O)N(Cc2ccccc2)C1. The summed E-state index contributed by atoms with van der Waals surface area (Å²) < 4.78 is 5.08. The van der Waals surface area contributed by atoms with E-state index in [4.69, 9.17) is 4.74 Å². The monoisotopic (exact) mass is 432 g/mol. The van der Waals surface area contributed by atoms with Crippen molar-refractivity contribution in [1.82, 2.24) is 20.9 Å². The van der Waals surface area contributed by atoms with E-state index in [9.17, 15) is 19.2 Å². The van der Waals surface area contributed by atoms with E-state index in [1.165, 1.54) is 0 Å². The number of likely N-dealkylation sites (tertiary alicyclic amines) is 1. The Labute approximate surface area is 182 Å². The smallest absolute Gasteiger partial charge is 0.407 e. The highest BCUT2D eigenvalue weighted by Crippen LogP contribution is 2.20. The quantitative estimate of drug-likeness (QED) is 0.507. The molecule has 1 aliphatic rings. The van der Waals surface area contributed by atoms with Gasteiger partial charge in [0, 0.05) is 45.6 Å². The average molecular weight is 433 g/mol. The highest BCUT2D eigenvalue weighted by atomic mass is 16.6. The van der Waals surface area contributed by atoms with Gasteiger partial charge in [0.25, 0.3) is 0 Å². The van der Waals surface area contributed by atoms with Gasteiger partial charge in [-0.1, -0.05) is 30.3 Å². The minimum absolute atomic E-state index is 0.0326. The summed E-state index contributed by atoms with van der Waals surface area (Å²) in [5, 5.41) is 7.95. The Balaban J connectivity index is 1.59. The molecule has 0 aliphatic carbocycles. The first-order valence-electron chi connectivity index (χ1n) is 10.5. The molecule has 1 atom stereocenters. The van der Waals surface area contributed by atoms with Gasteiger partial charge < -0.3 is 25.6 Å². The molecule has 1 aromatic rings. The van der Waals surface area contributed by atoms with Crippen LogP contribution in [0.1, 0.15) is 39.2 Å². The van der Waals surface area contributed by atoms with Crippen molar-refractivity contribution in [3.8, 4) is 0 Å². The molecule has 1 saturated heterocycles. The third-order valence-electron chi connectivity index (χ3n) is 4.57. The Hall–Kier alpha value is -3.10. The summed E-state index contributed by atoms with van der Waals surface area (Å²) in [5.74, 6) is -0.847. The van der Waals surface area contributed by atoms with Gasteiger partial charge in [0.05, 0.1) is 5.92 Å². The Morgan fingerprint density at radius 3 is 2.39 bits per heavy atom. The number of nitrogens with zero attached hydrogens (tertiary/aromatic N) is 1. The van der Waals surface area contributed by atoms with Gasteiger partial charge in [0.1, 0.15) is 5.60 Å². The summed E-state index contributed by atoms with van der Waals surface area (Å²) >= 11 is 0. The highest BCUT2D eigenvalue weighted by Gasteiger charge is 2.33. The molecule has 0 aromatic heterocycles. The first kappa shape index (κ1) is 24.2. The largest absolute Gasteiger partial charge is 0.444 e. The molecule has 3 N–H and O–H groups in total. The number of hydrogen-bond donors (Lipinski definition) is 3. The molecule has 170 valence electrons. The maximum atomic E-state index is 12.3. The van der Waals surface area contributed by atoms with Crippen LogP contribution in [0.4, 0.5) is 4.79 Å². The Morgan fingerprint density at radius 2 is 1.71 bits per heavy atom. The van der Waals surface area contributed by atoms with E-state index in [1.54, 1.807) is 25.7 Å². The van der Waals surface area contributed by atoms with Crippen LogP contribution in [0.3, 0.4) is 0 Å². The van der Waals surface area contributed by atoms with Crippen molar-refractivity contribution in [2.24, 2.45) is 5.92 Å². The van der Waals surface area contributed by atoms with E-state index in [0.717, 1.165) is 5.56 Å². The molecule has 4 amide bonds. The molecular formula is C22H32N4O5. The number of amides is 4. The van der Waals surface area contributed by atoms with E-state index in [-0.39, 0.29) is 56.1 Å². The highest BCUT2D eigenvalue weighted by molar-refractivity contribution is 5.89. The van der Waals surface area contributed by atoms with Gasteiger partial charge in [0.2, 0.25) is 17.7 Å². The van der Waals surface area contributed by atoms with Crippen LogP contribution in [0, 0.1) is 5.92 Å². The van der Waals surface area contributed by atoms with Crippen LogP contribution in [-0.4, -0.2) is 60.5 Å². The number of carbonyl (C=O) groups excluding carboxylic acids is 4. The van der Waals surface area contributed by atoms with E-state index < -0.39 is 11.7 Å². The van der Waals surface area contributed by atoms with E-state index >= 15 is 0 Å².